The van der Waals surface area contributed by atoms with Crippen LogP contribution >= 0.6 is 0 Å². The molecule has 6 nitrogen and oxygen atoms in total. The molecule has 0 unspecified atom stereocenters. The van der Waals surface area contributed by atoms with Crippen LogP contribution in [-0.2, 0) is 4.79 Å². The Balaban J connectivity index is 1.85. The molecule has 0 spiro atoms. The highest BCUT2D eigenvalue weighted by atomic mass is 16.1. The number of carbonyl (C=O) groups is 1. The maximum Gasteiger partial charge on any atom is 0.153 e. The topological polar surface area (TPSA) is 65.1 Å². The van der Waals surface area contributed by atoms with Crippen LogP contribution < -0.4 is 9.80 Å². The molecule has 0 radical (unpaired) electrons. The van der Waals surface area contributed by atoms with Crippen LogP contribution in [0, 0.1) is 0 Å². The van der Waals surface area contributed by atoms with Gasteiger partial charge in [0.1, 0.15) is 23.8 Å². The van der Waals surface area contributed by atoms with Crippen molar-refractivity contribution < 1.29 is 4.79 Å². The zero-order chi connectivity index (χ0) is 13.2. The lowest BCUT2D eigenvalue weighted by atomic mass is 10.4. The van der Waals surface area contributed by atoms with Crippen molar-refractivity contribution >= 4 is 23.2 Å². The maximum atomic E-state index is 11.3. The first-order valence-electron chi connectivity index (χ1n) is 6.20. The summed E-state index contributed by atoms with van der Waals surface area (Å²) in [4.78, 5) is 26.9. The van der Waals surface area contributed by atoms with Gasteiger partial charge < -0.3 is 14.8 Å². The van der Waals surface area contributed by atoms with Gasteiger partial charge in [0.25, 0.3) is 0 Å². The fourth-order valence-electron chi connectivity index (χ4n) is 2.17. The van der Waals surface area contributed by atoms with Crippen molar-refractivity contribution in [2.75, 3.05) is 29.9 Å². The van der Waals surface area contributed by atoms with E-state index < -0.39 is 0 Å². The van der Waals surface area contributed by atoms with E-state index in [9.17, 15) is 4.79 Å². The lowest BCUT2D eigenvalue weighted by molar-refractivity contribution is -0.116. The third-order valence-electron chi connectivity index (χ3n) is 3.28. The van der Waals surface area contributed by atoms with Crippen molar-refractivity contribution in [3.63, 3.8) is 0 Å². The number of hydrogen-bond acceptors (Lipinski definition) is 5. The molecule has 2 aromatic rings. The molecule has 6 heteroatoms. The van der Waals surface area contributed by atoms with Gasteiger partial charge in [0.15, 0.2) is 5.78 Å². The minimum atomic E-state index is 0.262. The molecule has 0 saturated carbocycles. The van der Waals surface area contributed by atoms with Gasteiger partial charge in [-0.3, -0.25) is 4.79 Å². The Morgan fingerprint density at radius 2 is 2.32 bits per heavy atom. The Labute approximate surface area is 111 Å². The summed E-state index contributed by atoms with van der Waals surface area (Å²) in [5.74, 6) is 2.82. The second-order valence-electron chi connectivity index (χ2n) is 4.56. The fourth-order valence-corrected chi connectivity index (χ4v) is 2.17. The van der Waals surface area contributed by atoms with Crippen LogP contribution in [0.15, 0.2) is 30.7 Å². The van der Waals surface area contributed by atoms with Gasteiger partial charge in [-0.2, -0.15) is 0 Å². The van der Waals surface area contributed by atoms with Crippen LogP contribution in [0.1, 0.15) is 6.42 Å². The van der Waals surface area contributed by atoms with Crippen molar-refractivity contribution in [3.05, 3.63) is 30.7 Å². The van der Waals surface area contributed by atoms with Gasteiger partial charge in [0, 0.05) is 32.3 Å². The number of hydrogen-bond donors (Lipinski definition) is 1. The lowest BCUT2D eigenvalue weighted by Gasteiger charge is -2.19. The third kappa shape index (κ3) is 2.29. The predicted octanol–water partition coefficient (Wildman–Crippen LogP) is 1.35. The molecule has 98 valence electrons. The molecule has 1 aliphatic rings. The number of ketones is 1. The zero-order valence-corrected chi connectivity index (χ0v) is 10.7. The molecule has 1 fully saturated rings. The monoisotopic (exact) mass is 257 g/mol. The molecule has 1 aliphatic heterocycles. The highest BCUT2D eigenvalue weighted by molar-refractivity contribution is 5.86. The number of Topliss-reactive ketones (excluding diaryl/α,β-unsaturated/α-hetero) is 1. The highest BCUT2D eigenvalue weighted by Gasteiger charge is 2.21. The van der Waals surface area contributed by atoms with Gasteiger partial charge in [0.05, 0.1) is 6.54 Å². The molecule has 3 heterocycles. The van der Waals surface area contributed by atoms with Gasteiger partial charge in [-0.15, -0.1) is 0 Å². The van der Waals surface area contributed by atoms with Crippen LogP contribution in [-0.4, -0.2) is 40.9 Å². The summed E-state index contributed by atoms with van der Waals surface area (Å²) < 4.78 is 0. The van der Waals surface area contributed by atoms with E-state index in [-0.39, 0.29) is 5.78 Å². The third-order valence-corrected chi connectivity index (χ3v) is 3.28. The van der Waals surface area contributed by atoms with E-state index in [1.165, 1.54) is 6.33 Å². The smallest absolute Gasteiger partial charge is 0.153 e. The SMILES string of the molecule is CN(c1cc(N2CCC(=O)C2)ncn1)c1ccc[nH]1. The summed E-state index contributed by atoms with van der Waals surface area (Å²) in [5, 5.41) is 0. The van der Waals surface area contributed by atoms with Gasteiger partial charge in [-0.05, 0) is 12.1 Å². The van der Waals surface area contributed by atoms with Gasteiger partial charge >= 0.3 is 0 Å². The van der Waals surface area contributed by atoms with Crippen molar-refractivity contribution in [2.45, 2.75) is 6.42 Å². The zero-order valence-electron chi connectivity index (χ0n) is 10.7. The average Bonchev–Trinajstić information content (AvgIpc) is 3.09. The van der Waals surface area contributed by atoms with E-state index in [0.29, 0.717) is 13.0 Å². The van der Waals surface area contributed by atoms with E-state index in [2.05, 4.69) is 15.0 Å². The van der Waals surface area contributed by atoms with Crippen molar-refractivity contribution in [1.82, 2.24) is 15.0 Å². The molecular formula is C13H15N5O. The van der Waals surface area contributed by atoms with Crippen molar-refractivity contribution in [2.24, 2.45) is 0 Å². The summed E-state index contributed by atoms with van der Waals surface area (Å²) in [5.41, 5.74) is 0. The number of nitrogens with one attached hydrogen (secondary N) is 1. The van der Waals surface area contributed by atoms with Crippen LogP contribution in [0.2, 0.25) is 0 Å². The number of H-pyrrole nitrogens is 1. The van der Waals surface area contributed by atoms with E-state index in [1.54, 1.807) is 0 Å². The Morgan fingerprint density at radius 3 is 3.00 bits per heavy atom. The molecule has 2 aromatic heterocycles. The second kappa shape index (κ2) is 4.72. The number of anilines is 3. The summed E-state index contributed by atoms with van der Waals surface area (Å²) in [7, 11) is 1.94. The molecule has 19 heavy (non-hydrogen) atoms. The Morgan fingerprint density at radius 1 is 1.42 bits per heavy atom. The lowest BCUT2D eigenvalue weighted by Crippen LogP contribution is -2.21. The summed E-state index contributed by atoms with van der Waals surface area (Å²) in [6.07, 6.45) is 4.01. The summed E-state index contributed by atoms with van der Waals surface area (Å²) in [6, 6.07) is 5.81. The highest BCUT2D eigenvalue weighted by Crippen LogP contribution is 2.23. The molecule has 0 bridgehead atoms. The second-order valence-corrected chi connectivity index (χ2v) is 4.56. The Kier molecular flexibility index (Phi) is 2.91. The fraction of sp³-hybridized carbons (Fsp3) is 0.308. The average molecular weight is 257 g/mol. The summed E-state index contributed by atoms with van der Waals surface area (Å²) >= 11 is 0. The molecule has 0 atom stereocenters. The molecule has 0 aromatic carbocycles. The Bertz CT molecular complexity index is 580. The van der Waals surface area contributed by atoms with Crippen LogP contribution in [0.3, 0.4) is 0 Å². The molecule has 0 aliphatic carbocycles. The molecule has 0 amide bonds. The van der Waals surface area contributed by atoms with E-state index in [4.69, 9.17) is 0 Å². The van der Waals surface area contributed by atoms with Crippen LogP contribution in [0.4, 0.5) is 17.5 Å². The number of aromatic nitrogens is 3. The van der Waals surface area contributed by atoms with Crippen LogP contribution in [0.5, 0.6) is 0 Å². The first kappa shape index (κ1) is 11.7. The standard InChI is InChI=1S/C13H15N5O/c1-17(11-3-2-5-14-11)12-7-13(16-9-15-12)18-6-4-10(19)8-18/h2-3,5,7,9,14H,4,6,8H2,1H3. The van der Waals surface area contributed by atoms with E-state index in [0.717, 1.165) is 24.0 Å². The molecule has 3 rings (SSSR count). The Hall–Kier alpha value is -2.37. The van der Waals surface area contributed by atoms with Gasteiger partial charge in [-0.25, -0.2) is 9.97 Å². The van der Waals surface area contributed by atoms with Gasteiger partial charge in [-0.1, -0.05) is 0 Å². The number of rotatable bonds is 3. The molecular weight excluding hydrogens is 242 g/mol. The molecule has 1 saturated heterocycles. The number of aromatic amines is 1. The molecule has 1 N–H and O–H groups in total. The minimum absolute atomic E-state index is 0.262. The van der Waals surface area contributed by atoms with Gasteiger partial charge in [0.2, 0.25) is 0 Å². The number of nitrogens with zero attached hydrogens (tertiary/aromatic N) is 4. The van der Waals surface area contributed by atoms with Crippen LogP contribution in [0.25, 0.3) is 0 Å². The minimum Gasteiger partial charge on any atom is -0.349 e. The largest absolute Gasteiger partial charge is 0.349 e. The van der Waals surface area contributed by atoms with Crippen molar-refractivity contribution in [1.29, 1.82) is 0 Å². The quantitative estimate of drug-likeness (QED) is 0.899. The van der Waals surface area contributed by atoms with E-state index >= 15 is 0 Å². The first-order chi connectivity index (χ1) is 9.24. The predicted molar refractivity (Wildman–Crippen MR) is 72.7 cm³/mol. The first-order valence-corrected chi connectivity index (χ1v) is 6.20. The normalized spacial score (nSPS) is 15.0. The maximum absolute atomic E-state index is 11.3. The summed E-state index contributed by atoms with van der Waals surface area (Å²) in [6.45, 7) is 1.18. The number of carbonyl (C=O) groups excluding carboxylic acids is 1. The van der Waals surface area contributed by atoms with E-state index in [1.807, 2.05) is 41.2 Å². The van der Waals surface area contributed by atoms with Crippen molar-refractivity contribution in [3.8, 4) is 0 Å².